The van der Waals surface area contributed by atoms with Crippen molar-refractivity contribution in [2.24, 2.45) is 5.92 Å². The van der Waals surface area contributed by atoms with Crippen molar-refractivity contribution in [2.75, 3.05) is 20.3 Å². The summed E-state index contributed by atoms with van der Waals surface area (Å²) in [6.07, 6.45) is -2.63. The summed E-state index contributed by atoms with van der Waals surface area (Å²) in [5.41, 5.74) is 0. The third-order valence-corrected chi connectivity index (χ3v) is 2.39. The van der Waals surface area contributed by atoms with E-state index in [-0.39, 0.29) is 12.6 Å². The van der Waals surface area contributed by atoms with Gasteiger partial charge in [-0.15, -0.1) is 0 Å². The van der Waals surface area contributed by atoms with E-state index in [4.69, 9.17) is 4.74 Å². The Morgan fingerprint density at radius 3 is 2.50 bits per heavy atom. The van der Waals surface area contributed by atoms with E-state index in [1.807, 2.05) is 7.05 Å². The van der Waals surface area contributed by atoms with E-state index >= 15 is 0 Å². The first-order chi connectivity index (χ1) is 6.53. The third-order valence-electron chi connectivity index (χ3n) is 2.39. The first-order valence-corrected chi connectivity index (χ1v) is 4.84. The smallest absolute Gasteiger partial charge is 0.379 e. The molecule has 14 heavy (non-hydrogen) atoms. The predicted octanol–water partition coefficient (Wildman–Crippen LogP) is 1.95. The van der Waals surface area contributed by atoms with Crippen molar-refractivity contribution in [1.82, 2.24) is 5.32 Å². The van der Waals surface area contributed by atoms with Crippen LogP contribution in [0.1, 0.15) is 19.3 Å². The van der Waals surface area contributed by atoms with Crippen molar-refractivity contribution >= 4 is 0 Å². The van der Waals surface area contributed by atoms with Gasteiger partial charge in [-0.1, -0.05) is 0 Å². The van der Waals surface area contributed by atoms with Gasteiger partial charge in [0.15, 0.2) is 0 Å². The molecule has 0 bridgehead atoms. The topological polar surface area (TPSA) is 21.3 Å². The van der Waals surface area contributed by atoms with Gasteiger partial charge in [0.2, 0.25) is 0 Å². The third kappa shape index (κ3) is 4.81. The molecule has 1 rings (SSSR count). The number of hydrogen-bond acceptors (Lipinski definition) is 2. The summed E-state index contributed by atoms with van der Waals surface area (Å²) >= 11 is 0. The molecule has 0 aliphatic heterocycles. The monoisotopic (exact) mass is 211 g/mol. The lowest BCUT2D eigenvalue weighted by atomic mass is 10.2. The first kappa shape index (κ1) is 11.8. The second-order valence-corrected chi connectivity index (χ2v) is 3.67. The van der Waals surface area contributed by atoms with Crippen LogP contribution in [0.2, 0.25) is 0 Å². The highest BCUT2D eigenvalue weighted by atomic mass is 19.4. The summed E-state index contributed by atoms with van der Waals surface area (Å²) in [7, 11) is 1.82. The molecule has 0 saturated heterocycles. The van der Waals surface area contributed by atoms with Gasteiger partial charge >= 0.3 is 6.18 Å². The van der Waals surface area contributed by atoms with Gasteiger partial charge in [-0.05, 0) is 25.8 Å². The maximum atomic E-state index is 11.7. The molecular formula is C9H16F3NO. The Labute approximate surface area is 81.8 Å². The van der Waals surface area contributed by atoms with Gasteiger partial charge < -0.3 is 10.1 Å². The second kappa shape index (κ2) is 4.98. The average Bonchev–Trinajstić information content (AvgIpc) is 2.86. The number of alkyl halides is 3. The Balaban J connectivity index is 2.02. The Morgan fingerprint density at radius 2 is 2.07 bits per heavy atom. The van der Waals surface area contributed by atoms with Gasteiger partial charge in [0.25, 0.3) is 0 Å². The van der Waals surface area contributed by atoms with Crippen molar-refractivity contribution in [3.8, 4) is 0 Å². The van der Waals surface area contributed by atoms with E-state index in [9.17, 15) is 13.2 Å². The summed E-state index contributed by atoms with van der Waals surface area (Å²) in [6.45, 7) is 0.158. The lowest BCUT2D eigenvalue weighted by Gasteiger charge is -2.15. The van der Waals surface area contributed by atoms with Crippen LogP contribution in [-0.2, 0) is 4.74 Å². The zero-order chi connectivity index (χ0) is 10.6. The molecule has 0 heterocycles. The van der Waals surface area contributed by atoms with Gasteiger partial charge in [0, 0.05) is 6.04 Å². The van der Waals surface area contributed by atoms with Gasteiger partial charge in [0.1, 0.15) is 0 Å². The maximum Gasteiger partial charge on any atom is 0.391 e. The van der Waals surface area contributed by atoms with Gasteiger partial charge in [-0.3, -0.25) is 0 Å². The number of rotatable bonds is 6. The summed E-state index contributed by atoms with van der Waals surface area (Å²) in [5.74, 6) is 0.603. The quantitative estimate of drug-likeness (QED) is 0.678. The highest BCUT2D eigenvalue weighted by molar-refractivity contribution is 4.85. The lowest BCUT2D eigenvalue weighted by Crippen LogP contribution is -2.32. The minimum atomic E-state index is -4.10. The van der Waals surface area contributed by atoms with E-state index in [0.717, 1.165) is 12.8 Å². The van der Waals surface area contributed by atoms with Crippen LogP contribution in [0.25, 0.3) is 0 Å². The lowest BCUT2D eigenvalue weighted by molar-refractivity contribution is -0.145. The Kier molecular flexibility index (Phi) is 4.19. The van der Waals surface area contributed by atoms with Gasteiger partial charge in [0.05, 0.1) is 19.6 Å². The molecule has 1 saturated carbocycles. The molecule has 84 valence electrons. The summed E-state index contributed by atoms with van der Waals surface area (Å²) in [5, 5.41) is 3.06. The molecule has 1 N–H and O–H groups in total. The van der Waals surface area contributed by atoms with Gasteiger partial charge in [-0.2, -0.15) is 13.2 Å². The molecule has 1 aliphatic carbocycles. The molecule has 1 unspecified atom stereocenters. The van der Waals surface area contributed by atoms with Crippen molar-refractivity contribution in [2.45, 2.75) is 31.5 Å². The van der Waals surface area contributed by atoms with E-state index < -0.39 is 12.6 Å². The molecule has 1 aliphatic rings. The van der Waals surface area contributed by atoms with E-state index in [2.05, 4.69) is 5.32 Å². The fourth-order valence-electron chi connectivity index (χ4n) is 1.35. The summed E-state index contributed by atoms with van der Waals surface area (Å²) < 4.78 is 40.2. The molecule has 0 spiro atoms. The predicted molar refractivity (Wildman–Crippen MR) is 47.1 cm³/mol. The van der Waals surface area contributed by atoms with Crippen molar-refractivity contribution in [3.05, 3.63) is 0 Å². The number of ether oxygens (including phenoxy) is 1. The van der Waals surface area contributed by atoms with Crippen LogP contribution in [0.4, 0.5) is 13.2 Å². The Hall–Kier alpha value is -0.290. The van der Waals surface area contributed by atoms with E-state index in [1.54, 1.807) is 0 Å². The van der Waals surface area contributed by atoms with Gasteiger partial charge in [-0.25, -0.2) is 0 Å². The molecule has 0 aromatic rings. The zero-order valence-electron chi connectivity index (χ0n) is 8.23. The Bertz CT molecular complexity index is 168. The SMILES string of the molecule is CNC(COCCC(F)(F)F)C1CC1. The summed E-state index contributed by atoms with van der Waals surface area (Å²) in [6, 6.07) is 0.225. The highest BCUT2D eigenvalue weighted by Crippen LogP contribution is 2.32. The second-order valence-electron chi connectivity index (χ2n) is 3.67. The van der Waals surface area contributed by atoms with Crippen LogP contribution in [0.3, 0.4) is 0 Å². The normalized spacial score (nSPS) is 19.7. The first-order valence-electron chi connectivity index (χ1n) is 4.84. The summed E-state index contributed by atoms with van der Waals surface area (Å²) in [4.78, 5) is 0. The number of nitrogens with one attached hydrogen (secondary N) is 1. The standard InChI is InChI=1S/C9H16F3NO/c1-13-8(7-2-3-7)6-14-5-4-9(10,11)12/h7-8,13H,2-6H2,1H3. The van der Waals surface area contributed by atoms with Crippen molar-refractivity contribution in [3.63, 3.8) is 0 Å². The molecule has 0 amide bonds. The van der Waals surface area contributed by atoms with Crippen LogP contribution in [0.15, 0.2) is 0 Å². The number of likely N-dealkylation sites (N-methyl/N-ethyl adjacent to an activating group) is 1. The van der Waals surface area contributed by atoms with Crippen molar-refractivity contribution < 1.29 is 17.9 Å². The fourth-order valence-corrected chi connectivity index (χ4v) is 1.35. The van der Waals surface area contributed by atoms with Crippen LogP contribution in [0.5, 0.6) is 0 Å². The zero-order valence-corrected chi connectivity index (χ0v) is 8.23. The molecule has 1 fully saturated rings. The van der Waals surface area contributed by atoms with Crippen LogP contribution >= 0.6 is 0 Å². The molecule has 0 aromatic heterocycles. The van der Waals surface area contributed by atoms with Crippen LogP contribution in [0, 0.1) is 5.92 Å². The minimum Gasteiger partial charge on any atom is -0.379 e. The molecule has 0 radical (unpaired) electrons. The van der Waals surface area contributed by atoms with Crippen LogP contribution in [-0.4, -0.2) is 32.5 Å². The highest BCUT2D eigenvalue weighted by Gasteiger charge is 2.31. The molecular weight excluding hydrogens is 195 g/mol. The largest absolute Gasteiger partial charge is 0.391 e. The molecule has 5 heteroatoms. The van der Waals surface area contributed by atoms with E-state index in [0.29, 0.717) is 12.5 Å². The molecule has 0 aromatic carbocycles. The maximum absolute atomic E-state index is 11.7. The molecule has 2 nitrogen and oxygen atoms in total. The van der Waals surface area contributed by atoms with Crippen LogP contribution < -0.4 is 5.32 Å². The minimum absolute atomic E-state index is 0.225. The Morgan fingerprint density at radius 1 is 1.43 bits per heavy atom. The van der Waals surface area contributed by atoms with Crippen molar-refractivity contribution in [1.29, 1.82) is 0 Å². The van der Waals surface area contributed by atoms with E-state index in [1.165, 1.54) is 0 Å². The number of halogens is 3. The fraction of sp³-hybridized carbons (Fsp3) is 1.00. The number of hydrogen-bond donors (Lipinski definition) is 1. The average molecular weight is 211 g/mol. The molecule has 1 atom stereocenters.